The predicted octanol–water partition coefficient (Wildman–Crippen LogP) is -0.0171. The zero-order valence-corrected chi connectivity index (χ0v) is 11.2. The Morgan fingerprint density at radius 2 is 2.06 bits per heavy atom. The maximum absolute atomic E-state index is 12.2. The minimum Gasteiger partial charge on any atom is -0.481 e. The minimum absolute atomic E-state index is 0.0394. The van der Waals surface area contributed by atoms with Crippen molar-refractivity contribution in [1.29, 1.82) is 0 Å². The molecule has 0 bridgehead atoms. The lowest BCUT2D eigenvalue weighted by molar-refractivity contribution is -0.142. The van der Waals surface area contributed by atoms with Crippen molar-refractivity contribution < 1.29 is 18.3 Å². The Hall–Kier alpha value is -1.10. The minimum atomic E-state index is -3.55. The normalized spacial score (nSPS) is 18.7. The Kier molecular flexibility index (Phi) is 5.14. The second-order valence-corrected chi connectivity index (χ2v) is 6.08. The number of piperidine rings is 1. The highest BCUT2D eigenvalue weighted by atomic mass is 32.2. The summed E-state index contributed by atoms with van der Waals surface area (Å²) in [6.07, 6.45) is 5.84. The van der Waals surface area contributed by atoms with Crippen molar-refractivity contribution in [3.8, 4) is 12.3 Å². The van der Waals surface area contributed by atoms with Crippen LogP contribution in [0.2, 0.25) is 0 Å². The second-order valence-electron chi connectivity index (χ2n) is 4.15. The number of rotatable bonds is 5. The van der Waals surface area contributed by atoms with E-state index in [0.29, 0.717) is 19.4 Å². The van der Waals surface area contributed by atoms with E-state index in [2.05, 4.69) is 5.92 Å². The molecular formula is C11H18N2O4S. The third-order valence-corrected chi connectivity index (χ3v) is 5.13. The first kappa shape index (κ1) is 15.0. The van der Waals surface area contributed by atoms with E-state index in [1.165, 1.54) is 8.61 Å². The van der Waals surface area contributed by atoms with Crippen LogP contribution in [-0.2, 0) is 15.0 Å². The van der Waals surface area contributed by atoms with E-state index in [1.54, 1.807) is 6.92 Å². The molecule has 0 saturated carbocycles. The number of nitrogens with zero attached hydrogens (tertiary/aromatic N) is 2. The first-order chi connectivity index (χ1) is 8.43. The lowest BCUT2D eigenvalue weighted by Crippen LogP contribution is -2.47. The quantitative estimate of drug-likeness (QED) is 0.715. The summed E-state index contributed by atoms with van der Waals surface area (Å²) in [5.41, 5.74) is 0. The Balaban J connectivity index is 2.71. The predicted molar refractivity (Wildman–Crippen MR) is 66.9 cm³/mol. The number of carbonyl (C=O) groups is 1. The first-order valence-electron chi connectivity index (χ1n) is 5.85. The zero-order valence-electron chi connectivity index (χ0n) is 10.4. The van der Waals surface area contributed by atoms with Crippen molar-refractivity contribution in [2.75, 3.05) is 26.2 Å². The molecule has 1 aliphatic heterocycles. The van der Waals surface area contributed by atoms with Gasteiger partial charge < -0.3 is 5.11 Å². The molecule has 0 unspecified atom stereocenters. The summed E-state index contributed by atoms with van der Waals surface area (Å²) in [4.78, 5) is 10.8. The van der Waals surface area contributed by atoms with Crippen LogP contribution in [0, 0.1) is 18.3 Å². The molecule has 18 heavy (non-hydrogen) atoms. The molecule has 0 amide bonds. The molecule has 1 rings (SSSR count). The first-order valence-corrected chi connectivity index (χ1v) is 7.24. The fourth-order valence-electron chi connectivity index (χ4n) is 1.96. The van der Waals surface area contributed by atoms with E-state index in [1.807, 2.05) is 0 Å². The SMILES string of the molecule is C#CCN(CC)S(=O)(=O)N1CCC(C(=O)O)CC1. The summed E-state index contributed by atoms with van der Waals surface area (Å²) >= 11 is 0. The Labute approximate surface area is 108 Å². The van der Waals surface area contributed by atoms with Gasteiger partial charge in [0.05, 0.1) is 12.5 Å². The number of hydrogen-bond donors (Lipinski definition) is 1. The lowest BCUT2D eigenvalue weighted by Gasteiger charge is -2.32. The van der Waals surface area contributed by atoms with Crippen molar-refractivity contribution in [2.45, 2.75) is 19.8 Å². The molecule has 1 saturated heterocycles. The average molecular weight is 274 g/mol. The van der Waals surface area contributed by atoms with Gasteiger partial charge in [-0.2, -0.15) is 17.0 Å². The fourth-order valence-corrected chi connectivity index (χ4v) is 3.52. The molecule has 7 heteroatoms. The molecule has 0 aromatic rings. The fraction of sp³-hybridized carbons (Fsp3) is 0.727. The number of carboxylic acids is 1. The molecule has 1 N–H and O–H groups in total. The third-order valence-electron chi connectivity index (χ3n) is 3.08. The van der Waals surface area contributed by atoms with Gasteiger partial charge in [0.1, 0.15) is 0 Å². The highest BCUT2D eigenvalue weighted by Gasteiger charge is 2.33. The molecular weight excluding hydrogens is 256 g/mol. The molecule has 0 radical (unpaired) electrons. The molecule has 6 nitrogen and oxygen atoms in total. The Morgan fingerprint density at radius 1 is 1.50 bits per heavy atom. The maximum atomic E-state index is 12.2. The van der Waals surface area contributed by atoms with Gasteiger partial charge in [0.15, 0.2) is 0 Å². The van der Waals surface area contributed by atoms with Gasteiger partial charge >= 0.3 is 5.97 Å². The monoisotopic (exact) mass is 274 g/mol. The third kappa shape index (κ3) is 3.22. The van der Waals surface area contributed by atoms with Crippen molar-refractivity contribution in [3.63, 3.8) is 0 Å². The van der Waals surface area contributed by atoms with Gasteiger partial charge in [0.2, 0.25) is 0 Å². The topological polar surface area (TPSA) is 77.9 Å². The number of terminal acetylenes is 1. The van der Waals surface area contributed by atoms with E-state index in [0.717, 1.165) is 0 Å². The van der Waals surface area contributed by atoms with Crippen LogP contribution in [0.5, 0.6) is 0 Å². The Morgan fingerprint density at radius 3 is 2.44 bits per heavy atom. The zero-order chi connectivity index (χ0) is 13.8. The van der Waals surface area contributed by atoms with Crippen molar-refractivity contribution >= 4 is 16.2 Å². The van der Waals surface area contributed by atoms with Gasteiger partial charge in [-0.1, -0.05) is 12.8 Å². The van der Waals surface area contributed by atoms with Crippen LogP contribution in [-0.4, -0.2) is 54.3 Å². The van der Waals surface area contributed by atoms with E-state index in [9.17, 15) is 13.2 Å². The van der Waals surface area contributed by atoms with Gasteiger partial charge in [-0.25, -0.2) is 0 Å². The number of hydrogen-bond acceptors (Lipinski definition) is 3. The van der Waals surface area contributed by atoms with E-state index < -0.39 is 22.1 Å². The summed E-state index contributed by atoms with van der Waals surface area (Å²) in [5, 5.41) is 8.86. The van der Waals surface area contributed by atoms with Gasteiger partial charge in [-0.05, 0) is 12.8 Å². The summed E-state index contributed by atoms with van der Waals surface area (Å²) in [7, 11) is -3.55. The van der Waals surface area contributed by atoms with Crippen molar-refractivity contribution in [1.82, 2.24) is 8.61 Å². The average Bonchev–Trinajstić information content (AvgIpc) is 2.35. The standard InChI is InChI=1S/C11H18N2O4S/c1-3-7-12(4-2)18(16,17)13-8-5-10(6-9-13)11(14)15/h1,10H,4-9H2,2H3,(H,14,15). The number of aliphatic carboxylic acids is 1. The molecule has 0 aromatic heterocycles. The van der Waals surface area contributed by atoms with Crippen LogP contribution in [0.15, 0.2) is 0 Å². The van der Waals surface area contributed by atoms with E-state index in [-0.39, 0.29) is 19.6 Å². The summed E-state index contributed by atoms with van der Waals surface area (Å²) in [5.74, 6) is 1.01. The van der Waals surface area contributed by atoms with Crippen LogP contribution >= 0.6 is 0 Å². The van der Waals surface area contributed by atoms with Crippen molar-refractivity contribution in [2.24, 2.45) is 5.92 Å². The number of carboxylic acid groups (broad SMARTS) is 1. The molecule has 1 heterocycles. The Bertz CT molecular complexity index is 432. The molecule has 1 fully saturated rings. The molecule has 102 valence electrons. The van der Waals surface area contributed by atoms with Gasteiger partial charge in [-0.15, -0.1) is 6.42 Å². The van der Waals surface area contributed by atoms with Crippen LogP contribution < -0.4 is 0 Å². The highest BCUT2D eigenvalue weighted by molar-refractivity contribution is 7.86. The van der Waals surface area contributed by atoms with Gasteiger partial charge in [0.25, 0.3) is 10.2 Å². The van der Waals surface area contributed by atoms with E-state index in [4.69, 9.17) is 11.5 Å². The van der Waals surface area contributed by atoms with Gasteiger partial charge in [0, 0.05) is 19.6 Å². The van der Waals surface area contributed by atoms with Crippen LogP contribution in [0.25, 0.3) is 0 Å². The van der Waals surface area contributed by atoms with Crippen LogP contribution in [0.4, 0.5) is 0 Å². The highest BCUT2D eigenvalue weighted by Crippen LogP contribution is 2.21. The summed E-state index contributed by atoms with van der Waals surface area (Å²) in [6.45, 7) is 2.54. The van der Waals surface area contributed by atoms with Gasteiger partial charge in [-0.3, -0.25) is 4.79 Å². The summed E-state index contributed by atoms with van der Waals surface area (Å²) in [6, 6.07) is 0. The molecule has 0 atom stereocenters. The molecule has 1 aliphatic rings. The lowest BCUT2D eigenvalue weighted by atomic mass is 9.99. The van der Waals surface area contributed by atoms with Crippen molar-refractivity contribution in [3.05, 3.63) is 0 Å². The van der Waals surface area contributed by atoms with Crippen LogP contribution in [0.3, 0.4) is 0 Å². The maximum Gasteiger partial charge on any atom is 0.306 e. The summed E-state index contributed by atoms with van der Waals surface area (Å²) < 4.78 is 26.9. The second kappa shape index (κ2) is 6.18. The largest absolute Gasteiger partial charge is 0.481 e. The van der Waals surface area contributed by atoms with Crippen LogP contribution in [0.1, 0.15) is 19.8 Å². The molecule has 0 aromatic carbocycles. The molecule has 0 aliphatic carbocycles. The molecule has 0 spiro atoms. The smallest absolute Gasteiger partial charge is 0.306 e. The van der Waals surface area contributed by atoms with E-state index >= 15 is 0 Å².